The van der Waals surface area contributed by atoms with Crippen molar-refractivity contribution in [2.75, 3.05) is 4.90 Å². The van der Waals surface area contributed by atoms with Crippen molar-refractivity contribution in [1.29, 1.82) is 0 Å². The van der Waals surface area contributed by atoms with Crippen molar-refractivity contribution in [3.63, 3.8) is 0 Å². The molecule has 11 rings (SSSR count). The van der Waals surface area contributed by atoms with Gasteiger partial charge in [-0.15, -0.1) is 0 Å². The average Bonchev–Trinajstić information content (AvgIpc) is 3.60. The fourth-order valence-corrected chi connectivity index (χ4v) is 8.68. The van der Waals surface area contributed by atoms with E-state index in [9.17, 15) is 0 Å². The summed E-state index contributed by atoms with van der Waals surface area (Å²) in [6, 6.07) is 79.5. The lowest BCUT2D eigenvalue weighted by Crippen LogP contribution is -2.10. The molecule has 1 aromatic heterocycles. The number of aromatic nitrogens is 1. The topological polar surface area (TPSA) is 8.17 Å². The van der Waals surface area contributed by atoms with Gasteiger partial charge < -0.3 is 9.47 Å². The minimum atomic E-state index is 1.10. The number of hydrogen-bond acceptors (Lipinski definition) is 1. The van der Waals surface area contributed by atoms with Gasteiger partial charge in [-0.1, -0.05) is 152 Å². The second-order valence-electron chi connectivity index (χ2n) is 14.6. The summed E-state index contributed by atoms with van der Waals surface area (Å²) < 4.78 is 2.37. The highest BCUT2D eigenvalue weighted by atomic mass is 15.1. The van der Waals surface area contributed by atoms with Crippen LogP contribution in [-0.2, 0) is 0 Å². The predicted molar refractivity (Wildman–Crippen MR) is 239 cm³/mol. The van der Waals surface area contributed by atoms with E-state index in [0.717, 1.165) is 17.1 Å². The van der Waals surface area contributed by atoms with E-state index in [1.54, 1.807) is 0 Å². The first-order valence-electron chi connectivity index (χ1n) is 19.3. The minimum Gasteiger partial charge on any atom is -0.310 e. The molecule has 0 amide bonds. The molecule has 0 saturated heterocycles. The number of para-hydroxylation sites is 2. The van der Waals surface area contributed by atoms with Crippen molar-refractivity contribution in [3.8, 4) is 27.9 Å². The molecule has 0 saturated carbocycles. The molecule has 0 bridgehead atoms. The van der Waals surface area contributed by atoms with Crippen LogP contribution in [0.15, 0.2) is 218 Å². The van der Waals surface area contributed by atoms with Crippen molar-refractivity contribution in [2.24, 2.45) is 0 Å². The Bertz CT molecular complexity index is 3250. The van der Waals surface area contributed by atoms with Gasteiger partial charge in [-0.05, 0) is 121 Å². The second-order valence-corrected chi connectivity index (χ2v) is 14.6. The van der Waals surface area contributed by atoms with Crippen LogP contribution in [0.4, 0.5) is 17.1 Å². The minimum absolute atomic E-state index is 1.10. The number of hydrogen-bond donors (Lipinski definition) is 0. The first kappa shape index (κ1) is 32.0. The van der Waals surface area contributed by atoms with Crippen molar-refractivity contribution in [2.45, 2.75) is 0 Å². The molecule has 0 aliphatic heterocycles. The quantitative estimate of drug-likeness (QED) is 0.156. The Morgan fingerprint density at radius 3 is 1.79 bits per heavy atom. The zero-order valence-electron chi connectivity index (χ0n) is 30.7. The molecule has 0 unspecified atom stereocenters. The van der Waals surface area contributed by atoms with Crippen molar-refractivity contribution < 1.29 is 0 Å². The highest BCUT2D eigenvalue weighted by Gasteiger charge is 2.17. The van der Waals surface area contributed by atoms with Crippen LogP contribution in [0.2, 0.25) is 0 Å². The summed E-state index contributed by atoms with van der Waals surface area (Å²) in [5.41, 5.74) is 11.7. The maximum atomic E-state index is 2.39. The number of anilines is 3. The van der Waals surface area contributed by atoms with E-state index >= 15 is 0 Å². The lowest BCUT2D eigenvalue weighted by atomic mass is 9.94. The molecule has 2 nitrogen and oxygen atoms in total. The molecule has 0 atom stereocenters. The zero-order valence-corrected chi connectivity index (χ0v) is 30.7. The predicted octanol–water partition coefficient (Wildman–Crippen LogP) is 15.0. The first-order valence-corrected chi connectivity index (χ1v) is 19.3. The summed E-state index contributed by atoms with van der Waals surface area (Å²) in [7, 11) is 0. The van der Waals surface area contributed by atoms with Gasteiger partial charge in [0, 0.05) is 33.5 Å². The van der Waals surface area contributed by atoms with Gasteiger partial charge in [0.25, 0.3) is 0 Å². The number of rotatable bonds is 6. The second kappa shape index (κ2) is 13.2. The Kier molecular flexibility index (Phi) is 7.53. The third-order valence-corrected chi connectivity index (χ3v) is 11.3. The zero-order chi connectivity index (χ0) is 37.0. The molecule has 0 spiro atoms. The maximum absolute atomic E-state index is 2.39. The number of nitrogens with zero attached hydrogens (tertiary/aromatic N) is 2. The molecular formula is C54H36N2. The van der Waals surface area contributed by atoms with Crippen LogP contribution in [0.1, 0.15) is 0 Å². The Morgan fingerprint density at radius 1 is 0.286 bits per heavy atom. The van der Waals surface area contributed by atoms with Crippen LogP contribution in [0.3, 0.4) is 0 Å². The van der Waals surface area contributed by atoms with E-state index in [4.69, 9.17) is 0 Å². The molecule has 0 radical (unpaired) electrons. The highest BCUT2D eigenvalue weighted by Crippen LogP contribution is 2.41. The fraction of sp³-hybridized carbons (Fsp3) is 0. The first-order chi connectivity index (χ1) is 27.8. The van der Waals surface area contributed by atoms with E-state index in [1.165, 1.54) is 82.1 Å². The third kappa shape index (κ3) is 5.34. The van der Waals surface area contributed by atoms with Gasteiger partial charge in [0.1, 0.15) is 0 Å². The molecule has 11 aromatic rings. The highest BCUT2D eigenvalue weighted by molar-refractivity contribution is 6.12. The molecular weight excluding hydrogens is 677 g/mol. The standard InChI is InChI=1S/C54H36N2/c1-2-16-43(17-3-1)56-53-23-9-8-20-51(53)52-36-42(28-33-54(52)56)41-15-10-18-45(35-41)55(46-31-24-37-12-4-5-14-40(37)34-46)44-29-25-39(26-30-44)48-21-11-22-49-47-19-7-6-13-38(47)27-32-50(48)49/h1-36H. The van der Waals surface area contributed by atoms with Crippen LogP contribution >= 0.6 is 0 Å². The molecule has 1 heterocycles. The SMILES string of the molecule is c1ccc(-n2c3ccccc3c3cc(-c4cccc(N(c5ccc(-c6cccc7c6ccc6ccccc67)cc5)c5ccc6ccccc6c5)c4)ccc32)cc1. The Labute approximate surface area is 325 Å². The van der Waals surface area contributed by atoms with Gasteiger partial charge >= 0.3 is 0 Å². The van der Waals surface area contributed by atoms with E-state index in [1.807, 2.05) is 0 Å². The van der Waals surface area contributed by atoms with Crippen LogP contribution in [0, 0.1) is 0 Å². The van der Waals surface area contributed by atoms with Gasteiger partial charge in [-0.25, -0.2) is 0 Å². The Hall–Kier alpha value is -7.42. The largest absolute Gasteiger partial charge is 0.310 e. The summed E-state index contributed by atoms with van der Waals surface area (Å²) in [5.74, 6) is 0. The lowest BCUT2D eigenvalue weighted by molar-refractivity contribution is 1.18. The summed E-state index contributed by atoms with van der Waals surface area (Å²) in [6.07, 6.45) is 0. The van der Waals surface area contributed by atoms with Crippen molar-refractivity contribution >= 4 is 71.2 Å². The normalized spacial score (nSPS) is 11.6. The molecule has 0 aliphatic carbocycles. The van der Waals surface area contributed by atoms with Crippen molar-refractivity contribution in [3.05, 3.63) is 218 Å². The van der Waals surface area contributed by atoms with Crippen LogP contribution < -0.4 is 4.90 Å². The van der Waals surface area contributed by atoms with Crippen LogP contribution in [0.5, 0.6) is 0 Å². The smallest absolute Gasteiger partial charge is 0.0541 e. The molecule has 56 heavy (non-hydrogen) atoms. The van der Waals surface area contributed by atoms with Crippen LogP contribution in [-0.4, -0.2) is 4.57 Å². The molecule has 0 fully saturated rings. The Balaban J connectivity index is 1.03. The summed E-state index contributed by atoms with van der Waals surface area (Å²) in [4.78, 5) is 2.39. The van der Waals surface area contributed by atoms with E-state index < -0.39 is 0 Å². The monoisotopic (exact) mass is 712 g/mol. The average molecular weight is 713 g/mol. The lowest BCUT2D eigenvalue weighted by Gasteiger charge is -2.26. The van der Waals surface area contributed by atoms with Gasteiger partial charge in [0.2, 0.25) is 0 Å². The van der Waals surface area contributed by atoms with Gasteiger partial charge in [0.15, 0.2) is 0 Å². The summed E-state index contributed by atoms with van der Waals surface area (Å²) in [6.45, 7) is 0. The number of fused-ring (bicyclic) bond motifs is 7. The molecule has 0 N–H and O–H groups in total. The van der Waals surface area contributed by atoms with E-state index in [-0.39, 0.29) is 0 Å². The third-order valence-electron chi connectivity index (χ3n) is 11.3. The molecule has 10 aromatic carbocycles. The molecule has 262 valence electrons. The molecule has 0 aliphatic rings. The maximum Gasteiger partial charge on any atom is 0.0541 e. The van der Waals surface area contributed by atoms with Gasteiger partial charge in [-0.3, -0.25) is 0 Å². The summed E-state index contributed by atoms with van der Waals surface area (Å²) in [5, 5.41) is 10.0. The fourth-order valence-electron chi connectivity index (χ4n) is 8.68. The van der Waals surface area contributed by atoms with Gasteiger partial charge in [-0.2, -0.15) is 0 Å². The molecule has 2 heteroatoms. The van der Waals surface area contributed by atoms with Crippen LogP contribution in [0.25, 0.3) is 82.1 Å². The Morgan fingerprint density at radius 2 is 0.911 bits per heavy atom. The van der Waals surface area contributed by atoms with E-state index in [2.05, 4.69) is 228 Å². The number of benzene rings is 10. The van der Waals surface area contributed by atoms with E-state index in [0.29, 0.717) is 0 Å². The van der Waals surface area contributed by atoms with Crippen molar-refractivity contribution in [1.82, 2.24) is 4.57 Å². The van der Waals surface area contributed by atoms with Gasteiger partial charge in [0.05, 0.1) is 11.0 Å². The summed E-state index contributed by atoms with van der Waals surface area (Å²) >= 11 is 0.